The van der Waals surface area contributed by atoms with E-state index in [2.05, 4.69) is 51.2 Å². The van der Waals surface area contributed by atoms with Crippen molar-refractivity contribution >= 4 is 16.0 Å². The molecule has 4 bridgehead atoms. The van der Waals surface area contributed by atoms with E-state index in [1.807, 2.05) is 38.1 Å². The van der Waals surface area contributed by atoms with Gasteiger partial charge in [-0.3, -0.25) is 0 Å². The number of anilines is 1. The summed E-state index contributed by atoms with van der Waals surface area (Å²) in [4.78, 5) is 9.30. The van der Waals surface area contributed by atoms with E-state index in [1.54, 1.807) is 24.3 Å². The molecule has 2 heterocycles. The molecule has 7 nitrogen and oxygen atoms in total. The normalized spacial score (nSPS) is 19.4. The van der Waals surface area contributed by atoms with Crippen LogP contribution in [0.1, 0.15) is 53.7 Å². The Bertz CT molecular complexity index is 1630. The van der Waals surface area contributed by atoms with Crippen molar-refractivity contribution in [1.29, 1.82) is 0 Å². The minimum atomic E-state index is -3.91. The van der Waals surface area contributed by atoms with Gasteiger partial charge in [-0.15, -0.1) is 0 Å². The van der Waals surface area contributed by atoms with Crippen molar-refractivity contribution in [3.05, 3.63) is 101 Å². The van der Waals surface area contributed by atoms with Gasteiger partial charge in [-0.2, -0.15) is 4.98 Å². The van der Waals surface area contributed by atoms with E-state index in [0.29, 0.717) is 24.7 Å². The summed E-state index contributed by atoms with van der Waals surface area (Å²) in [5, 5.41) is 3.45. The van der Waals surface area contributed by atoms with Crippen molar-refractivity contribution in [2.45, 2.75) is 56.6 Å². The lowest BCUT2D eigenvalue weighted by Crippen LogP contribution is -2.25. The SMILES string of the molecule is Cc1cccc(C)c1-c1cc2nc(n1)NS(=O)(=O)c1cccc(c1)CNCC(c1ccc(C3(C)CC3)cc1)O2. The van der Waals surface area contributed by atoms with Gasteiger partial charge in [-0.05, 0) is 72.1 Å². The second kappa shape index (κ2) is 9.77. The maximum Gasteiger partial charge on any atom is 0.264 e. The highest BCUT2D eigenvalue weighted by Gasteiger charge is 2.38. The Labute approximate surface area is 229 Å². The molecule has 0 spiro atoms. The van der Waals surface area contributed by atoms with Gasteiger partial charge in [0.05, 0.1) is 10.6 Å². The average molecular weight is 541 g/mol. The molecule has 0 amide bonds. The molecule has 1 aliphatic carbocycles. The molecule has 8 heteroatoms. The van der Waals surface area contributed by atoms with Gasteiger partial charge in [-0.1, -0.05) is 61.5 Å². The van der Waals surface area contributed by atoms with Crippen molar-refractivity contribution in [1.82, 2.24) is 15.3 Å². The summed E-state index contributed by atoms with van der Waals surface area (Å²) in [5.41, 5.74) is 7.09. The van der Waals surface area contributed by atoms with Gasteiger partial charge in [-0.25, -0.2) is 18.1 Å². The molecule has 1 atom stereocenters. The summed E-state index contributed by atoms with van der Waals surface area (Å²) in [5.74, 6) is 0.273. The first-order valence-electron chi connectivity index (χ1n) is 13.3. The molecule has 1 saturated carbocycles. The van der Waals surface area contributed by atoms with E-state index in [-0.39, 0.29) is 22.4 Å². The number of nitrogens with zero attached hydrogens (tertiary/aromatic N) is 2. The van der Waals surface area contributed by atoms with Gasteiger partial charge in [0.1, 0.15) is 6.10 Å². The summed E-state index contributed by atoms with van der Waals surface area (Å²) in [7, 11) is -3.91. The topological polar surface area (TPSA) is 93.2 Å². The Hall–Kier alpha value is -3.75. The van der Waals surface area contributed by atoms with Crippen LogP contribution in [0.4, 0.5) is 5.95 Å². The quantitative estimate of drug-likeness (QED) is 0.339. The Balaban J connectivity index is 1.46. The van der Waals surface area contributed by atoms with Crippen LogP contribution in [0.25, 0.3) is 11.3 Å². The van der Waals surface area contributed by atoms with Crippen LogP contribution in [0.3, 0.4) is 0 Å². The Kier molecular flexibility index (Phi) is 6.40. The first-order chi connectivity index (χ1) is 18.7. The molecule has 39 heavy (non-hydrogen) atoms. The molecule has 1 aromatic heterocycles. The average Bonchev–Trinajstić information content (AvgIpc) is 3.66. The van der Waals surface area contributed by atoms with Crippen LogP contribution >= 0.6 is 0 Å². The number of sulfonamides is 1. The molecule has 1 fully saturated rings. The van der Waals surface area contributed by atoms with E-state index in [4.69, 9.17) is 4.74 Å². The zero-order valence-electron chi connectivity index (χ0n) is 22.4. The highest BCUT2D eigenvalue weighted by molar-refractivity contribution is 7.92. The standard InChI is InChI=1S/C31H32N4O3S/c1-20-6-4-7-21(2)29(20)26-17-28-34-30(33-26)35-39(36,37)25-9-5-8-22(16-25)18-32-19-27(38-28)23-10-12-24(13-11-23)31(3)14-15-31/h4-13,16-17,27,32H,14-15,18-19H2,1-3H3,(H,33,34,35). The fourth-order valence-electron chi connectivity index (χ4n) is 5.18. The zero-order valence-corrected chi connectivity index (χ0v) is 23.2. The molecule has 1 aliphatic heterocycles. The first kappa shape index (κ1) is 25.5. The number of hydrogen-bond acceptors (Lipinski definition) is 6. The Morgan fingerprint density at radius 1 is 0.923 bits per heavy atom. The number of rotatable bonds is 3. The summed E-state index contributed by atoms with van der Waals surface area (Å²) in [6.45, 7) is 7.33. The fourth-order valence-corrected chi connectivity index (χ4v) is 6.19. The third-order valence-electron chi connectivity index (χ3n) is 7.78. The number of hydrogen-bond donors (Lipinski definition) is 2. The summed E-state index contributed by atoms with van der Waals surface area (Å²) >= 11 is 0. The van der Waals surface area contributed by atoms with Crippen molar-refractivity contribution in [2.75, 3.05) is 11.3 Å². The molecule has 1 unspecified atom stereocenters. The third-order valence-corrected chi connectivity index (χ3v) is 9.10. The summed E-state index contributed by atoms with van der Waals surface area (Å²) in [6, 6.07) is 23.3. The summed E-state index contributed by atoms with van der Waals surface area (Å²) < 4.78 is 35.7. The lowest BCUT2D eigenvalue weighted by molar-refractivity contribution is 0.193. The lowest BCUT2D eigenvalue weighted by atomic mass is 9.96. The molecule has 6 rings (SSSR count). The predicted octanol–water partition coefficient (Wildman–Crippen LogP) is 5.84. The molecule has 200 valence electrons. The van der Waals surface area contributed by atoms with Crippen LogP contribution in [0.2, 0.25) is 0 Å². The van der Waals surface area contributed by atoms with E-state index in [9.17, 15) is 8.42 Å². The number of fused-ring (bicyclic) bond motifs is 4. The van der Waals surface area contributed by atoms with Crippen LogP contribution in [0.15, 0.2) is 77.7 Å². The maximum absolute atomic E-state index is 13.3. The Morgan fingerprint density at radius 3 is 2.36 bits per heavy atom. The molecular weight excluding hydrogens is 508 g/mol. The van der Waals surface area contributed by atoms with Crippen LogP contribution in [0.5, 0.6) is 5.88 Å². The largest absolute Gasteiger partial charge is 0.468 e. The molecular formula is C31H32N4O3S. The van der Waals surface area contributed by atoms with Crippen molar-refractivity contribution in [3.63, 3.8) is 0 Å². The molecule has 4 aromatic rings. The number of aromatic nitrogens is 2. The predicted molar refractivity (Wildman–Crippen MR) is 152 cm³/mol. The molecule has 0 radical (unpaired) electrons. The van der Waals surface area contributed by atoms with Crippen LogP contribution in [-0.4, -0.2) is 24.9 Å². The van der Waals surface area contributed by atoms with Crippen molar-refractivity contribution in [3.8, 4) is 17.1 Å². The van der Waals surface area contributed by atoms with E-state index in [0.717, 1.165) is 27.8 Å². The second-order valence-corrected chi connectivity index (χ2v) is 12.5. The molecule has 3 aromatic carbocycles. The highest BCUT2D eigenvalue weighted by Crippen LogP contribution is 2.47. The zero-order chi connectivity index (χ0) is 27.2. The van der Waals surface area contributed by atoms with Gasteiger partial charge in [0.2, 0.25) is 11.8 Å². The van der Waals surface area contributed by atoms with Crippen LogP contribution in [0, 0.1) is 13.8 Å². The number of ether oxygens (including phenoxy) is 1. The second-order valence-electron chi connectivity index (χ2n) is 10.9. The lowest BCUT2D eigenvalue weighted by Gasteiger charge is -2.21. The van der Waals surface area contributed by atoms with Crippen LogP contribution < -0.4 is 14.8 Å². The van der Waals surface area contributed by atoms with E-state index >= 15 is 0 Å². The number of nitrogens with one attached hydrogen (secondary N) is 2. The molecule has 2 aliphatic rings. The third kappa shape index (κ3) is 5.27. The van der Waals surface area contributed by atoms with Crippen molar-refractivity contribution < 1.29 is 13.2 Å². The minimum absolute atomic E-state index is 0.0291. The first-order valence-corrected chi connectivity index (χ1v) is 14.7. The number of benzene rings is 3. The highest BCUT2D eigenvalue weighted by atomic mass is 32.2. The van der Waals surface area contributed by atoms with E-state index < -0.39 is 10.0 Å². The van der Waals surface area contributed by atoms with Gasteiger partial charge < -0.3 is 10.1 Å². The van der Waals surface area contributed by atoms with Gasteiger partial charge >= 0.3 is 0 Å². The molecule has 2 N–H and O–H groups in total. The van der Waals surface area contributed by atoms with E-state index in [1.165, 1.54) is 18.4 Å². The van der Waals surface area contributed by atoms with Crippen LogP contribution in [-0.2, 0) is 22.0 Å². The van der Waals surface area contributed by atoms with Gasteiger partial charge in [0.25, 0.3) is 10.0 Å². The maximum atomic E-state index is 13.3. The minimum Gasteiger partial charge on any atom is -0.468 e. The fraction of sp³-hybridized carbons (Fsp3) is 0.290. The Morgan fingerprint density at radius 2 is 1.64 bits per heavy atom. The monoisotopic (exact) mass is 540 g/mol. The summed E-state index contributed by atoms with van der Waals surface area (Å²) in [6.07, 6.45) is 2.08. The number of aryl methyl sites for hydroxylation is 2. The molecule has 0 saturated heterocycles. The smallest absolute Gasteiger partial charge is 0.264 e. The van der Waals surface area contributed by atoms with Gasteiger partial charge in [0.15, 0.2) is 0 Å². The van der Waals surface area contributed by atoms with Crippen molar-refractivity contribution in [2.24, 2.45) is 0 Å². The van der Waals surface area contributed by atoms with Gasteiger partial charge in [0, 0.05) is 24.7 Å².